The van der Waals surface area contributed by atoms with Crippen LogP contribution >= 0.6 is 0 Å². The molecule has 0 bridgehead atoms. The average molecular weight is 240 g/mol. The van der Waals surface area contributed by atoms with Crippen molar-refractivity contribution in [1.82, 2.24) is 0 Å². The largest absolute Gasteiger partial charge is 0.493 e. The van der Waals surface area contributed by atoms with Crippen LogP contribution in [0, 0.1) is 19.7 Å². The highest BCUT2D eigenvalue weighted by Crippen LogP contribution is 2.39. The monoisotopic (exact) mass is 240 g/mol. The van der Waals surface area contributed by atoms with Crippen LogP contribution in [0.25, 0.3) is 0 Å². The van der Waals surface area contributed by atoms with E-state index in [9.17, 15) is 9.18 Å². The van der Waals surface area contributed by atoms with Crippen molar-refractivity contribution in [3.8, 4) is 11.5 Å². The Morgan fingerprint density at radius 2 is 1.65 bits per heavy atom. The van der Waals surface area contributed by atoms with E-state index in [1.807, 2.05) is 0 Å². The van der Waals surface area contributed by atoms with E-state index in [1.54, 1.807) is 13.8 Å². The van der Waals surface area contributed by atoms with Crippen molar-refractivity contribution in [3.63, 3.8) is 0 Å². The Labute approximate surface area is 101 Å². The zero-order chi connectivity index (χ0) is 13.2. The molecule has 0 heterocycles. The molecule has 3 nitrogen and oxygen atoms in total. The minimum absolute atomic E-state index is 0.0447. The van der Waals surface area contributed by atoms with Crippen molar-refractivity contribution in [2.75, 3.05) is 14.2 Å². The zero-order valence-corrected chi connectivity index (χ0v) is 10.8. The smallest absolute Gasteiger partial charge is 0.166 e. The molecule has 17 heavy (non-hydrogen) atoms. The van der Waals surface area contributed by atoms with Crippen LogP contribution in [0.1, 0.15) is 23.6 Å². The van der Waals surface area contributed by atoms with Crippen LogP contribution in [0.5, 0.6) is 11.5 Å². The van der Waals surface area contributed by atoms with E-state index in [-0.39, 0.29) is 18.0 Å². The Balaban J connectivity index is 3.55. The summed E-state index contributed by atoms with van der Waals surface area (Å²) >= 11 is 0. The van der Waals surface area contributed by atoms with Crippen molar-refractivity contribution in [1.29, 1.82) is 0 Å². The molecule has 0 atom stereocenters. The van der Waals surface area contributed by atoms with Gasteiger partial charge in [-0.05, 0) is 26.3 Å². The predicted octanol–water partition coefficient (Wildman–Crippen LogP) is 2.59. The molecule has 0 amide bonds. The number of carbonyl (C=O) groups is 1. The summed E-state index contributed by atoms with van der Waals surface area (Å²) in [7, 11) is 2.94. The van der Waals surface area contributed by atoms with Gasteiger partial charge in [-0.1, -0.05) is 0 Å². The van der Waals surface area contributed by atoms with Crippen LogP contribution < -0.4 is 9.47 Å². The van der Waals surface area contributed by atoms with Gasteiger partial charge < -0.3 is 9.47 Å². The maximum Gasteiger partial charge on any atom is 0.166 e. The summed E-state index contributed by atoms with van der Waals surface area (Å²) in [6.45, 7) is 4.73. The number of ether oxygens (including phenoxy) is 2. The van der Waals surface area contributed by atoms with Crippen molar-refractivity contribution in [2.45, 2.75) is 27.2 Å². The Hall–Kier alpha value is -1.58. The first-order valence-electron chi connectivity index (χ1n) is 5.32. The van der Waals surface area contributed by atoms with Crippen LogP contribution in [0.3, 0.4) is 0 Å². The van der Waals surface area contributed by atoms with Gasteiger partial charge in [-0.2, -0.15) is 0 Å². The van der Waals surface area contributed by atoms with Crippen LogP contribution in [0.4, 0.5) is 4.39 Å². The van der Waals surface area contributed by atoms with E-state index >= 15 is 0 Å². The van der Waals surface area contributed by atoms with Gasteiger partial charge in [-0.25, -0.2) is 4.39 Å². The SMILES string of the molecule is COc1c(C)c(F)c(C)c(CC(C)=O)c1OC. The molecule has 0 saturated carbocycles. The van der Waals surface area contributed by atoms with E-state index in [4.69, 9.17) is 9.47 Å². The summed E-state index contributed by atoms with van der Waals surface area (Å²) in [6, 6.07) is 0. The number of hydrogen-bond donors (Lipinski definition) is 0. The Morgan fingerprint density at radius 1 is 1.12 bits per heavy atom. The highest BCUT2D eigenvalue weighted by atomic mass is 19.1. The molecule has 0 spiro atoms. The molecule has 0 aliphatic rings. The zero-order valence-electron chi connectivity index (χ0n) is 10.8. The van der Waals surface area contributed by atoms with Gasteiger partial charge in [-0.15, -0.1) is 0 Å². The molecular formula is C13H17FO3. The fourth-order valence-electron chi connectivity index (χ4n) is 1.91. The number of methoxy groups -OCH3 is 2. The molecular weight excluding hydrogens is 223 g/mol. The molecule has 0 aliphatic heterocycles. The summed E-state index contributed by atoms with van der Waals surface area (Å²) in [5.74, 6) is 0.404. The number of carbonyl (C=O) groups excluding carboxylic acids is 1. The van der Waals surface area contributed by atoms with Gasteiger partial charge in [0.25, 0.3) is 0 Å². The maximum atomic E-state index is 14.0. The number of halogens is 1. The topological polar surface area (TPSA) is 35.5 Å². The maximum absolute atomic E-state index is 14.0. The molecule has 0 N–H and O–H groups in total. The third-order valence-corrected chi connectivity index (χ3v) is 2.77. The third-order valence-electron chi connectivity index (χ3n) is 2.77. The summed E-state index contributed by atoms with van der Waals surface area (Å²) in [6.07, 6.45) is 0.141. The molecule has 0 radical (unpaired) electrons. The number of rotatable bonds is 4. The molecule has 0 aromatic heterocycles. The first kappa shape index (κ1) is 13.5. The van der Waals surface area contributed by atoms with Crippen LogP contribution in [0.2, 0.25) is 0 Å². The fourth-order valence-corrected chi connectivity index (χ4v) is 1.91. The standard InChI is InChI=1S/C13H17FO3/c1-7(15)6-10-8(2)11(14)9(3)12(16-4)13(10)17-5/h6H2,1-5H3. The summed E-state index contributed by atoms with van der Waals surface area (Å²) in [5.41, 5.74) is 1.39. The Bertz CT molecular complexity index is 453. The number of benzene rings is 1. The van der Waals surface area contributed by atoms with E-state index in [0.29, 0.717) is 28.2 Å². The molecule has 1 aromatic carbocycles. The summed E-state index contributed by atoms with van der Waals surface area (Å²) < 4.78 is 24.3. The van der Waals surface area contributed by atoms with E-state index in [1.165, 1.54) is 21.1 Å². The van der Waals surface area contributed by atoms with E-state index in [0.717, 1.165) is 0 Å². The van der Waals surface area contributed by atoms with Gasteiger partial charge in [0, 0.05) is 17.5 Å². The van der Waals surface area contributed by atoms with Crippen molar-refractivity contribution in [3.05, 3.63) is 22.5 Å². The first-order valence-corrected chi connectivity index (χ1v) is 5.32. The molecule has 1 rings (SSSR count). The second-order valence-corrected chi connectivity index (χ2v) is 3.99. The van der Waals surface area contributed by atoms with E-state index < -0.39 is 0 Å². The highest BCUT2D eigenvalue weighted by molar-refractivity contribution is 5.80. The molecule has 4 heteroatoms. The van der Waals surface area contributed by atoms with Gasteiger partial charge in [-0.3, -0.25) is 4.79 Å². The lowest BCUT2D eigenvalue weighted by Crippen LogP contribution is -2.07. The van der Waals surface area contributed by atoms with Gasteiger partial charge in [0.2, 0.25) is 0 Å². The number of ketones is 1. The van der Waals surface area contributed by atoms with Gasteiger partial charge >= 0.3 is 0 Å². The van der Waals surface area contributed by atoms with Crippen molar-refractivity contribution < 1.29 is 18.7 Å². The predicted molar refractivity (Wildman–Crippen MR) is 63.4 cm³/mol. The highest BCUT2D eigenvalue weighted by Gasteiger charge is 2.21. The Morgan fingerprint density at radius 3 is 2.06 bits per heavy atom. The number of hydrogen-bond acceptors (Lipinski definition) is 3. The molecule has 94 valence electrons. The quantitative estimate of drug-likeness (QED) is 0.811. The van der Waals surface area contributed by atoms with Crippen LogP contribution in [-0.4, -0.2) is 20.0 Å². The Kier molecular flexibility index (Phi) is 4.10. The van der Waals surface area contributed by atoms with Gasteiger partial charge in [0.1, 0.15) is 11.6 Å². The molecule has 0 fully saturated rings. The summed E-state index contributed by atoms with van der Waals surface area (Å²) in [5, 5.41) is 0. The average Bonchev–Trinajstić information content (AvgIpc) is 2.29. The summed E-state index contributed by atoms with van der Waals surface area (Å²) in [4.78, 5) is 11.2. The fraction of sp³-hybridized carbons (Fsp3) is 0.462. The normalized spacial score (nSPS) is 10.2. The minimum Gasteiger partial charge on any atom is -0.493 e. The van der Waals surface area contributed by atoms with Crippen LogP contribution in [0.15, 0.2) is 0 Å². The number of Topliss-reactive ketones (excluding diaryl/α,β-unsaturated/α-hetero) is 1. The van der Waals surface area contributed by atoms with Gasteiger partial charge in [0.05, 0.1) is 14.2 Å². The second kappa shape index (κ2) is 5.17. The molecule has 0 saturated heterocycles. The second-order valence-electron chi connectivity index (χ2n) is 3.99. The van der Waals surface area contributed by atoms with Gasteiger partial charge in [0.15, 0.2) is 11.5 Å². The lowest BCUT2D eigenvalue weighted by atomic mass is 9.98. The molecule has 1 aromatic rings. The van der Waals surface area contributed by atoms with Crippen molar-refractivity contribution >= 4 is 5.78 Å². The molecule has 0 aliphatic carbocycles. The minimum atomic E-state index is -0.348. The third kappa shape index (κ3) is 2.40. The van der Waals surface area contributed by atoms with Crippen LogP contribution in [-0.2, 0) is 11.2 Å². The first-order chi connectivity index (χ1) is 7.93. The lowest BCUT2D eigenvalue weighted by Gasteiger charge is -2.18. The lowest BCUT2D eigenvalue weighted by molar-refractivity contribution is -0.116. The van der Waals surface area contributed by atoms with Crippen molar-refractivity contribution in [2.24, 2.45) is 0 Å². The van der Waals surface area contributed by atoms with E-state index in [2.05, 4.69) is 0 Å². The molecule has 0 unspecified atom stereocenters.